The molecule has 0 heterocycles. The fraction of sp³-hybridized carbons (Fsp3) is 1.00. The predicted octanol–water partition coefficient (Wildman–Crippen LogP) is 2.20. The van der Waals surface area contributed by atoms with Crippen molar-refractivity contribution in [3.63, 3.8) is 0 Å². The Morgan fingerprint density at radius 2 is 1.87 bits per heavy atom. The van der Waals surface area contributed by atoms with Crippen molar-refractivity contribution in [1.29, 1.82) is 0 Å². The van der Waals surface area contributed by atoms with Crippen molar-refractivity contribution >= 4 is 7.60 Å². The van der Waals surface area contributed by atoms with Gasteiger partial charge in [-0.3, -0.25) is 4.57 Å². The summed E-state index contributed by atoms with van der Waals surface area (Å²) in [5.41, 5.74) is 0.215. The second-order valence-electron chi connectivity index (χ2n) is 4.55. The standard InChI is InChI=1S/C10H22NO3P/c1-9-8-10(9,11(2)3)6-7-15(12,13-4)14-5/h9H,6-8H2,1-5H3/t9-,10-/m1/s1. The van der Waals surface area contributed by atoms with Gasteiger partial charge in [-0.1, -0.05) is 6.92 Å². The quantitative estimate of drug-likeness (QED) is 0.662. The van der Waals surface area contributed by atoms with Crippen molar-refractivity contribution in [2.45, 2.75) is 25.3 Å². The Morgan fingerprint density at radius 3 is 2.13 bits per heavy atom. The van der Waals surface area contributed by atoms with Crippen LogP contribution in [0.1, 0.15) is 19.8 Å². The highest BCUT2D eigenvalue weighted by Crippen LogP contribution is 2.55. The number of rotatable bonds is 6. The molecule has 0 N–H and O–H groups in total. The van der Waals surface area contributed by atoms with Crippen LogP contribution in [0, 0.1) is 5.92 Å². The molecular weight excluding hydrogens is 213 g/mol. The molecule has 0 aromatic carbocycles. The molecule has 0 saturated heterocycles. The van der Waals surface area contributed by atoms with E-state index in [2.05, 4.69) is 25.9 Å². The Balaban J connectivity index is 2.53. The lowest BCUT2D eigenvalue weighted by molar-refractivity contribution is 0.233. The van der Waals surface area contributed by atoms with Gasteiger partial charge in [0.05, 0.1) is 6.16 Å². The van der Waals surface area contributed by atoms with Crippen LogP contribution in [0.4, 0.5) is 0 Å². The van der Waals surface area contributed by atoms with Gasteiger partial charge in [0.1, 0.15) is 0 Å². The maximum atomic E-state index is 11.9. The topological polar surface area (TPSA) is 38.8 Å². The minimum Gasteiger partial charge on any atom is -0.312 e. The van der Waals surface area contributed by atoms with E-state index in [1.54, 1.807) is 0 Å². The molecule has 0 spiro atoms. The first-order valence-corrected chi connectivity index (χ1v) is 7.01. The van der Waals surface area contributed by atoms with Crippen LogP contribution < -0.4 is 0 Å². The van der Waals surface area contributed by atoms with E-state index >= 15 is 0 Å². The van der Waals surface area contributed by atoms with Gasteiger partial charge in [-0.15, -0.1) is 0 Å². The van der Waals surface area contributed by atoms with Crippen molar-refractivity contribution in [2.24, 2.45) is 5.92 Å². The minimum absolute atomic E-state index is 0.215. The maximum absolute atomic E-state index is 11.9. The zero-order valence-corrected chi connectivity index (χ0v) is 11.2. The van der Waals surface area contributed by atoms with Crippen LogP contribution in [0.15, 0.2) is 0 Å². The van der Waals surface area contributed by atoms with Gasteiger partial charge < -0.3 is 13.9 Å². The average Bonchev–Trinajstić information content (AvgIpc) is 2.88. The molecule has 15 heavy (non-hydrogen) atoms. The molecule has 1 aliphatic carbocycles. The molecule has 1 saturated carbocycles. The van der Waals surface area contributed by atoms with E-state index in [-0.39, 0.29) is 5.54 Å². The molecule has 0 aromatic rings. The van der Waals surface area contributed by atoms with Gasteiger partial charge in [-0.25, -0.2) is 0 Å². The summed E-state index contributed by atoms with van der Waals surface area (Å²) in [7, 11) is 4.22. The summed E-state index contributed by atoms with van der Waals surface area (Å²) < 4.78 is 21.8. The van der Waals surface area contributed by atoms with Gasteiger partial charge in [0.2, 0.25) is 0 Å². The number of nitrogens with zero attached hydrogens (tertiary/aromatic N) is 1. The molecule has 5 heteroatoms. The largest absolute Gasteiger partial charge is 0.330 e. The third kappa shape index (κ3) is 2.62. The van der Waals surface area contributed by atoms with E-state index in [0.717, 1.165) is 6.42 Å². The van der Waals surface area contributed by atoms with Crippen molar-refractivity contribution in [3.05, 3.63) is 0 Å². The van der Waals surface area contributed by atoms with Crippen LogP contribution in [-0.2, 0) is 13.6 Å². The van der Waals surface area contributed by atoms with Crippen LogP contribution in [0.5, 0.6) is 0 Å². The summed E-state index contributed by atoms with van der Waals surface area (Å²) in [6, 6.07) is 0. The molecule has 4 nitrogen and oxygen atoms in total. The van der Waals surface area contributed by atoms with Gasteiger partial charge in [0.25, 0.3) is 0 Å². The Kier molecular flexibility index (Phi) is 3.99. The van der Waals surface area contributed by atoms with E-state index in [0.29, 0.717) is 12.1 Å². The van der Waals surface area contributed by atoms with Crippen LogP contribution in [0.3, 0.4) is 0 Å². The Morgan fingerprint density at radius 1 is 1.40 bits per heavy atom. The van der Waals surface area contributed by atoms with E-state index in [1.165, 1.54) is 20.6 Å². The van der Waals surface area contributed by atoms with Crippen LogP contribution in [-0.4, -0.2) is 44.9 Å². The summed E-state index contributed by atoms with van der Waals surface area (Å²) in [4.78, 5) is 2.23. The Bertz CT molecular complexity index is 261. The summed E-state index contributed by atoms with van der Waals surface area (Å²) in [6.45, 7) is 2.23. The molecular formula is C10H22NO3P. The molecule has 90 valence electrons. The van der Waals surface area contributed by atoms with Gasteiger partial charge >= 0.3 is 7.60 Å². The van der Waals surface area contributed by atoms with Crippen molar-refractivity contribution in [2.75, 3.05) is 34.5 Å². The zero-order valence-electron chi connectivity index (χ0n) is 10.3. The van der Waals surface area contributed by atoms with Crippen LogP contribution in [0.2, 0.25) is 0 Å². The molecule has 0 bridgehead atoms. The lowest BCUT2D eigenvalue weighted by Crippen LogP contribution is -2.33. The minimum atomic E-state index is -2.83. The number of hydrogen-bond acceptors (Lipinski definition) is 4. The molecule has 1 fully saturated rings. The summed E-state index contributed by atoms with van der Waals surface area (Å²) >= 11 is 0. The molecule has 1 rings (SSSR count). The van der Waals surface area contributed by atoms with Gasteiger partial charge in [0, 0.05) is 19.8 Å². The molecule has 1 aliphatic rings. The monoisotopic (exact) mass is 235 g/mol. The van der Waals surface area contributed by atoms with E-state index in [1.807, 2.05) is 0 Å². The summed E-state index contributed by atoms with van der Waals surface area (Å²) in [6.07, 6.45) is 2.55. The fourth-order valence-corrected chi connectivity index (χ4v) is 3.43. The zero-order chi connectivity index (χ0) is 11.7. The second kappa shape index (κ2) is 4.54. The normalized spacial score (nSPS) is 30.9. The smallest absolute Gasteiger partial charge is 0.312 e. The Hall–Kier alpha value is 0.110. The van der Waals surface area contributed by atoms with E-state index in [4.69, 9.17) is 9.05 Å². The Labute approximate surface area is 92.5 Å². The molecule has 0 aliphatic heterocycles. The lowest BCUT2D eigenvalue weighted by atomic mass is 10.1. The van der Waals surface area contributed by atoms with Crippen LogP contribution in [0.25, 0.3) is 0 Å². The van der Waals surface area contributed by atoms with Crippen molar-refractivity contribution in [1.82, 2.24) is 4.90 Å². The third-order valence-electron chi connectivity index (χ3n) is 3.68. The number of hydrogen-bond donors (Lipinski definition) is 0. The highest BCUT2D eigenvalue weighted by Gasteiger charge is 2.53. The summed E-state index contributed by atoms with van der Waals surface area (Å²) in [5, 5.41) is 0. The lowest BCUT2D eigenvalue weighted by Gasteiger charge is -2.26. The highest BCUT2D eigenvalue weighted by atomic mass is 31.2. The fourth-order valence-electron chi connectivity index (χ4n) is 2.25. The maximum Gasteiger partial charge on any atom is 0.330 e. The predicted molar refractivity (Wildman–Crippen MR) is 61.3 cm³/mol. The first-order valence-electron chi connectivity index (χ1n) is 5.28. The van der Waals surface area contributed by atoms with Gasteiger partial charge in [0.15, 0.2) is 0 Å². The van der Waals surface area contributed by atoms with Gasteiger partial charge in [-0.2, -0.15) is 0 Å². The first-order chi connectivity index (χ1) is 6.90. The van der Waals surface area contributed by atoms with E-state index in [9.17, 15) is 4.57 Å². The summed E-state index contributed by atoms with van der Waals surface area (Å²) in [5.74, 6) is 0.676. The molecule has 0 unspecified atom stereocenters. The first kappa shape index (κ1) is 13.2. The van der Waals surface area contributed by atoms with Crippen molar-refractivity contribution < 1.29 is 13.6 Å². The average molecular weight is 235 g/mol. The second-order valence-corrected chi connectivity index (χ2v) is 6.95. The van der Waals surface area contributed by atoms with Crippen LogP contribution >= 0.6 is 7.60 Å². The van der Waals surface area contributed by atoms with Gasteiger partial charge in [-0.05, 0) is 32.9 Å². The molecule has 0 amide bonds. The molecule has 2 atom stereocenters. The molecule has 0 aromatic heterocycles. The highest BCUT2D eigenvalue weighted by molar-refractivity contribution is 7.53. The molecule has 0 radical (unpaired) electrons. The SMILES string of the molecule is COP(=O)(CC[C@@]1(N(C)C)C[C@H]1C)OC. The van der Waals surface area contributed by atoms with Crippen molar-refractivity contribution in [3.8, 4) is 0 Å². The third-order valence-corrected chi connectivity index (χ3v) is 5.57. The van der Waals surface area contributed by atoms with E-state index < -0.39 is 7.60 Å².